The summed E-state index contributed by atoms with van der Waals surface area (Å²) in [6.45, 7) is 4.27. The van der Waals surface area contributed by atoms with E-state index in [4.69, 9.17) is 9.47 Å². The average Bonchev–Trinajstić information content (AvgIpc) is 3.73. The predicted molar refractivity (Wildman–Crippen MR) is 199 cm³/mol. The van der Waals surface area contributed by atoms with Crippen LogP contribution in [-0.2, 0) is 19.1 Å². The van der Waals surface area contributed by atoms with Crippen molar-refractivity contribution < 1.29 is 19.1 Å². The van der Waals surface area contributed by atoms with E-state index in [2.05, 4.69) is 37.2 Å². The summed E-state index contributed by atoms with van der Waals surface area (Å²) in [6, 6.07) is 0. The molecule has 40 heavy (non-hydrogen) atoms. The second-order valence-corrected chi connectivity index (χ2v) is 20.8. The molecule has 0 amide bonds. The van der Waals surface area contributed by atoms with Crippen LogP contribution in [0.25, 0.3) is 0 Å². The standard InChI is InChI=1S/C24H24O4S12/c1-7-27-17(25)15-11(9-13-35-19(29-3)20(30-4)36-13)33-23(39-15)24-34-12(16(40-24)18(26)28-8-2)10-14-37-21(31-5)22(32-6)38-14/h9-10H,7-8H2,1-6H3/b24-23-. The van der Waals surface area contributed by atoms with Crippen LogP contribution in [0, 0.1) is 0 Å². The first-order valence-corrected chi connectivity index (χ1v) is 22.9. The van der Waals surface area contributed by atoms with Crippen molar-refractivity contribution in [1.82, 2.24) is 0 Å². The van der Waals surface area contributed by atoms with Crippen molar-refractivity contribution >= 4 is 153 Å². The molecule has 4 rings (SSSR count). The van der Waals surface area contributed by atoms with Gasteiger partial charge in [-0.25, -0.2) is 9.59 Å². The molecule has 0 aromatic rings. The Labute approximate surface area is 286 Å². The molecule has 0 aromatic carbocycles. The fourth-order valence-electron chi connectivity index (χ4n) is 3.06. The number of allylic oxidation sites excluding steroid dienone is 2. The van der Waals surface area contributed by atoms with Crippen LogP contribution in [-0.4, -0.2) is 50.2 Å². The Kier molecular flexibility index (Phi) is 14.2. The van der Waals surface area contributed by atoms with Gasteiger partial charge in [0, 0.05) is 9.81 Å². The second-order valence-electron chi connectivity index (χ2n) is 7.11. The van der Waals surface area contributed by atoms with Crippen molar-refractivity contribution in [3.8, 4) is 0 Å². The average molecular weight is 761 g/mol. The van der Waals surface area contributed by atoms with E-state index in [1.54, 1.807) is 118 Å². The maximum absolute atomic E-state index is 13.0. The molecule has 0 fully saturated rings. The molecule has 4 nitrogen and oxygen atoms in total. The van der Waals surface area contributed by atoms with Gasteiger partial charge in [-0.15, -0.1) is 47.0 Å². The molecule has 4 aliphatic rings. The molecule has 0 aromatic heterocycles. The highest BCUT2D eigenvalue weighted by atomic mass is 32.3. The number of hydrogen-bond donors (Lipinski definition) is 0. The Morgan fingerprint density at radius 1 is 0.575 bits per heavy atom. The maximum atomic E-state index is 13.0. The number of esters is 2. The summed E-state index contributed by atoms with van der Waals surface area (Å²) < 4.78 is 20.2. The fourth-order valence-corrected chi connectivity index (χ4v) is 18.5. The van der Waals surface area contributed by atoms with E-state index in [0.29, 0.717) is 23.0 Å². The van der Waals surface area contributed by atoms with Crippen molar-refractivity contribution in [2.24, 2.45) is 0 Å². The van der Waals surface area contributed by atoms with Crippen LogP contribution >= 0.6 is 141 Å². The third kappa shape index (κ3) is 8.32. The monoisotopic (exact) mass is 760 g/mol. The Balaban J connectivity index is 1.62. The highest BCUT2D eigenvalue weighted by molar-refractivity contribution is 8.41. The molecule has 0 unspecified atom stereocenters. The zero-order valence-electron chi connectivity index (χ0n) is 22.1. The highest BCUT2D eigenvalue weighted by Gasteiger charge is 2.35. The number of rotatable bonds is 10. The smallest absolute Gasteiger partial charge is 0.346 e. The largest absolute Gasteiger partial charge is 0.462 e. The summed E-state index contributed by atoms with van der Waals surface area (Å²) in [7, 11) is 0. The van der Waals surface area contributed by atoms with Crippen LogP contribution in [0.4, 0.5) is 0 Å². The topological polar surface area (TPSA) is 52.6 Å². The van der Waals surface area contributed by atoms with Gasteiger partial charge in [0.1, 0.15) is 9.81 Å². The Bertz CT molecular complexity index is 1170. The minimum atomic E-state index is -0.313. The van der Waals surface area contributed by atoms with Crippen LogP contribution in [0.1, 0.15) is 13.8 Å². The van der Waals surface area contributed by atoms with Crippen molar-refractivity contribution in [2.75, 3.05) is 38.2 Å². The number of ether oxygens (including phenoxy) is 2. The molecular weight excluding hydrogens is 737 g/mol. The van der Waals surface area contributed by atoms with Crippen molar-refractivity contribution in [1.29, 1.82) is 0 Å². The zero-order chi connectivity index (χ0) is 28.8. The van der Waals surface area contributed by atoms with E-state index in [1.807, 2.05) is 13.8 Å². The van der Waals surface area contributed by atoms with Gasteiger partial charge in [0.15, 0.2) is 0 Å². The van der Waals surface area contributed by atoms with Gasteiger partial charge in [0.2, 0.25) is 0 Å². The fraction of sp³-hybridized carbons (Fsp3) is 0.333. The Hall–Kier alpha value is 1.32. The quantitative estimate of drug-likeness (QED) is 0.198. The van der Waals surface area contributed by atoms with E-state index < -0.39 is 0 Å². The van der Waals surface area contributed by atoms with Gasteiger partial charge >= 0.3 is 11.9 Å². The lowest BCUT2D eigenvalue weighted by Crippen LogP contribution is -2.05. The molecule has 0 atom stereocenters. The van der Waals surface area contributed by atoms with Crippen molar-refractivity contribution in [3.63, 3.8) is 0 Å². The summed E-state index contributed by atoms with van der Waals surface area (Å²) in [6.07, 6.45) is 12.6. The van der Waals surface area contributed by atoms with E-state index in [-0.39, 0.29) is 11.9 Å². The van der Waals surface area contributed by atoms with Crippen LogP contribution < -0.4 is 0 Å². The SMILES string of the molecule is CCOC(=O)C1=C(C=C2SC(SC)=C(SC)S2)S/C(=C2\SC(C=C3SC(SC)=C(SC)S3)=C(C(=O)OCC)S2)S1. The zero-order valence-corrected chi connectivity index (χ0v) is 31.9. The molecule has 4 heterocycles. The minimum absolute atomic E-state index is 0.313. The van der Waals surface area contributed by atoms with E-state index in [1.165, 1.54) is 40.5 Å². The first-order chi connectivity index (χ1) is 19.3. The first-order valence-electron chi connectivity index (χ1n) is 11.4. The molecule has 0 N–H and O–H groups in total. The number of thioether (sulfide) groups is 12. The summed E-state index contributed by atoms with van der Waals surface area (Å²) in [5.74, 6) is -0.627. The molecule has 0 spiro atoms. The molecule has 216 valence electrons. The number of hydrogen-bond acceptors (Lipinski definition) is 16. The predicted octanol–water partition coefficient (Wildman–Crippen LogP) is 11.0. The second kappa shape index (κ2) is 16.6. The van der Waals surface area contributed by atoms with E-state index in [0.717, 1.165) is 26.8 Å². The van der Waals surface area contributed by atoms with Crippen molar-refractivity contribution in [2.45, 2.75) is 13.8 Å². The third-order valence-electron chi connectivity index (χ3n) is 4.68. The molecule has 4 aliphatic heterocycles. The molecule has 0 saturated carbocycles. The maximum Gasteiger partial charge on any atom is 0.346 e. The molecule has 0 aliphatic carbocycles. The highest BCUT2D eigenvalue weighted by Crippen LogP contribution is 2.64. The lowest BCUT2D eigenvalue weighted by Gasteiger charge is -2.03. The van der Waals surface area contributed by atoms with Gasteiger partial charge in [0.05, 0.1) is 47.1 Å². The third-order valence-corrected chi connectivity index (χ3v) is 20.4. The van der Waals surface area contributed by atoms with Gasteiger partial charge in [0.25, 0.3) is 0 Å². The Morgan fingerprint density at radius 3 is 1.18 bits per heavy atom. The Morgan fingerprint density at radius 2 is 0.900 bits per heavy atom. The summed E-state index contributed by atoms with van der Waals surface area (Å²) in [4.78, 5) is 28.9. The van der Waals surface area contributed by atoms with Crippen LogP contribution in [0.15, 0.2) is 65.7 Å². The normalized spacial score (nSPS) is 21.4. The van der Waals surface area contributed by atoms with Crippen LogP contribution in [0.3, 0.4) is 0 Å². The summed E-state index contributed by atoms with van der Waals surface area (Å²) >= 11 is 20.0. The van der Waals surface area contributed by atoms with Gasteiger partial charge in [-0.2, -0.15) is 0 Å². The van der Waals surface area contributed by atoms with Gasteiger partial charge in [-0.1, -0.05) is 94.1 Å². The van der Waals surface area contributed by atoms with Gasteiger partial charge in [-0.3, -0.25) is 0 Å². The number of carbonyl (C=O) groups excluding carboxylic acids is 2. The lowest BCUT2D eigenvalue weighted by atomic mass is 10.4. The summed E-state index contributed by atoms with van der Waals surface area (Å²) in [5.41, 5.74) is 0. The van der Waals surface area contributed by atoms with E-state index >= 15 is 0 Å². The molecule has 0 bridgehead atoms. The summed E-state index contributed by atoms with van der Waals surface area (Å²) in [5, 5.41) is 0. The molecule has 16 heteroatoms. The lowest BCUT2D eigenvalue weighted by molar-refractivity contribution is -0.138. The van der Waals surface area contributed by atoms with Crippen LogP contribution in [0.5, 0.6) is 0 Å². The van der Waals surface area contributed by atoms with Gasteiger partial charge < -0.3 is 9.47 Å². The van der Waals surface area contributed by atoms with Crippen LogP contribution in [0.2, 0.25) is 0 Å². The first kappa shape index (κ1) is 34.2. The minimum Gasteiger partial charge on any atom is -0.462 e. The van der Waals surface area contributed by atoms with Crippen molar-refractivity contribution in [3.05, 3.63) is 65.7 Å². The molecule has 0 radical (unpaired) electrons. The molecule has 0 saturated heterocycles. The molecular formula is C24H24O4S12. The van der Waals surface area contributed by atoms with E-state index in [9.17, 15) is 9.59 Å². The number of carbonyl (C=O) groups is 2. The van der Waals surface area contributed by atoms with Gasteiger partial charge in [-0.05, 0) is 51.0 Å².